The normalized spacial score (nSPS) is 12.5. The summed E-state index contributed by atoms with van der Waals surface area (Å²) in [6, 6.07) is 5.91. The van der Waals surface area contributed by atoms with Gasteiger partial charge < -0.3 is 14.6 Å². The topological polar surface area (TPSA) is 89.9 Å². The van der Waals surface area contributed by atoms with Crippen LogP contribution in [0.3, 0.4) is 0 Å². The summed E-state index contributed by atoms with van der Waals surface area (Å²) in [5.41, 5.74) is 0.303. The van der Waals surface area contributed by atoms with Crippen LogP contribution in [0.5, 0.6) is 5.75 Å². The molecule has 1 unspecified atom stereocenters. The van der Waals surface area contributed by atoms with E-state index in [1.165, 1.54) is 24.3 Å². The van der Waals surface area contributed by atoms with E-state index in [0.717, 1.165) is 6.26 Å². The molecule has 1 aromatic rings. The van der Waals surface area contributed by atoms with Crippen LogP contribution in [-0.2, 0) is 19.4 Å². The third-order valence-corrected chi connectivity index (χ3v) is 3.86. The molecular formula is C15H20O6S. The maximum absolute atomic E-state index is 11.3. The molecule has 0 fully saturated rings. The number of ether oxygens (including phenoxy) is 2. The predicted octanol–water partition coefficient (Wildman–Crippen LogP) is 1.34. The van der Waals surface area contributed by atoms with Crippen LogP contribution in [-0.4, -0.2) is 45.1 Å². The SMILES string of the molecule is C=C(C)C(=O)OCCC(O)COc1ccc(S(C)(=O)=O)cc1. The molecule has 0 radical (unpaired) electrons. The second-order valence-corrected chi connectivity index (χ2v) is 6.93. The zero-order chi connectivity index (χ0) is 16.8. The number of esters is 1. The van der Waals surface area contributed by atoms with Gasteiger partial charge in [-0.15, -0.1) is 0 Å². The van der Waals surface area contributed by atoms with Gasteiger partial charge in [-0.05, 0) is 31.2 Å². The monoisotopic (exact) mass is 328 g/mol. The van der Waals surface area contributed by atoms with E-state index in [1.807, 2.05) is 0 Å². The fraction of sp³-hybridized carbons (Fsp3) is 0.400. The van der Waals surface area contributed by atoms with Gasteiger partial charge in [0.15, 0.2) is 9.84 Å². The molecule has 1 N–H and O–H groups in total. The molecule has 1 rings (SSSR count). The molecule has 0 aliphatic rings. The number of rotatable bonds is 8. The molecule has 0 bridgehead atoms. The maximum atomic E-state index is 11.3. The molecule has 0 aliphatic carbocycles. The highest BCUT2D eigenvalue weighted by Gasteiger charge is 2.10. The van der Waals surface area contributed by atoms with Crippen LogP contribution in [0.25, 0.3) is 0 Å². The number of benzene rings is 1. The van der Waals surface area contributed by atoms with Gasteiger partial charge in [-0.3, -0.25) is 0 Å². The molecule has 0 saturated heterocycles. The van der Waals surface area contributed by atoms with Gasteiger partial charge in [0.2, 0.25) is 0 Å². The minimum Gasteiger partial charge on any atom is -0.491 e. The van der Waals surface area contributed by atoms with E-state index in [2.05, 4.69) is 6.58 Å². The molecule has 122 valence electrons. The third-order valence-electron chi connectivity index (χ3n) is 2.73. The Labute approximate surface area is 130 Å². The zero-order valence-corrected chi connectivity index (χ0v) is 13.4. The average Bonchev–Trinajstić information content (AvgIpc) is 2.44. The van der Waals surface area contributed by atoms with Gasteiger partial charge in [0.25, 0.3) is 0 Å². The number of aliphatic hydroxyl groups excluding tert-OH is 1. The van der Waals surface area contributed by atoms with Gasteiger partial charge in [0, 0.05) is 18.2 Å². The Hall–Kier alpha value is -1.86. The first kappa shape index (κ1) is 18.2. The lowest BCUT2D eigenvalue weighted by atomic mass is 10.3. The van der Waals surface area contributed by atoms with E-state index in [1.54, 1.807) is 6.92 Å². The summed E-state index contributed by atoms with van der Waals surface area (Å²) >= 11 is 0. The van der Waals surface area contributed by atoms with Crippen LogP contribution >= 0.6 is 0 Å². The van der Waals surface area contributed by atoms with E-state index in [4.69, 9.17) is 9.47 Å². The zero-order valence-electron chi connectivity index (χ0n) is 12.6. The second kappa shape index (κ2) is 7.95. The first-order chi connectivity index (χ1) is 10.2. The van der Waals surface area contributed by atoms with Gasteiger partial charge in [0.05, 0.1) is 17.6 Å². The van der Waals surface area contributed by atoms with Crippen LogP contribution in [0.15, 0.2) is 41.3 Å². The fourth-order valence-corrected chi connectivity index (χ4v) is 2.10. The van der Waals surface area contributed by atoms with Gasteiger partial charge in [-0.25, -0.2) is 13.2 Å². The van der Waals surface area contributed by atoms with Crippen molar-refractivity contribution in [3.05, 3.63) is 36.4 Å². The Morgan fingerprint density at radius 2 is 1.91 bits per heavy atom. The Morgan fingerprint density at radius 3 is 2.41 bits per heavy atom. The van der Waals surface area contributed by atoms with Crippen molar-refractivity contribution in [2.24, 2.45) is 0 Å². The summed E-state index contributed by atoms with van der Waals surface area (Å²) in [6.07, 6.45) is 0.562. The van der Waals surface area contributed by atoms with Gasteiger partial charge in [-0.2, -0.15) is 0 Å². The van der Waals surface area contributed by atoms with E-state index >= 15 is 0 Å². The Bertz CT molecular complexity index is 618. The molecule has 1 aromatic carbocycles. The lowest BCUT2D eigenvalue weighted by Gasteiger charge is -2.12. The van der Waals surface area contributed by atoms with Crippen molar-refractivity contribution in [1.82, 2.24) is 0 Å². The fourth-order valence-electron chi connectivity index (χ4n) is 1.47. The van der Waals surface area contributed by atoms with Crippen molar-refractivity contribution in [3.63, 3.8) is 0 Å². The quantitative estimate of drug-likeness (QED) is 0.572. The summed E-state index contributed by atoms with van der Waals surface area (Å²) in [7, 11) is -3.24. The van der Waals surface area contributed by atoms with Crippen LogP contribution in [0.2, 0.25) is 0 Å². The highest BCUT2D eigenvalue weighted by Crippen LogP contribution is 2.16. The standard InChI is InChI=1S/C15H20O6S/c1-11(2)15(17)20-9-8-12(16)10-21-13-4-6-14(7-5-13)22(3,18)19/h4-7,12,16H,1,8-10H2,2-3H3. The third kappa shape index (κ3) is 6.28. The summed E-state index contributed by atoms with van der Waals surface area (Å²) < 4.78 is 32.8. The molecule has 0 heterocycles. The minimum atomic E-state index is -3.24. The maximum Gasteiger partial charge on any atom is 0.333 e. The molecule has 6 nitrogen and oxygen atoms in total. The summed E-state index contributed by atoms with van der Waals surface area (Å²) in [6.45, 7) is 5.08. The second-order valence-electron chi connectivity index (χ2n) is 4.91. The highest BCUT2D eigenvalue weighted by molar-refractivity contribution is 7.90. The number of hydrogen-bond donors (Lipinski definition) is 1. The summed E-state index contributed by atoms with van der Waals surface area (Å²) in [4.78, 5) is 11.3. The summed E-state index contributed by atoms with van der Waals surface area (Å²) in [5.74, 6) is -0.0464. The van der Waals surface area contributed by atoms with Gasteiger partial charge in [0.1, 0.15) is 12.4 Å². The van der Waals surface area contributed by atoms with Crippen molar-refractivity contribution in [1.29, 1.82) is 0 Å². The van der Waals surface area contributed by atoms with Crippen LogP contribution in [0, 0.1) is 0 Å². The first-order valence-electron chi connectivity index (χ1n) is 6.64. The molecule has 0 saturated carbocycles. The molecule has 22 heavy (non-hydrogen) atoms. The van der Waals surface area contributed by atoms with E-state index < -0.39 is 21.9 Å². The van der Waals surface area contributed by atoms with Crippen LogP contribution < -0.4 is 4.74 Å². The molecule has 1 atom stereocenters. The van der Waals surface area contributed by atoms with Gasteiger partial charge >= 0.3 is 5.97 Å². The highest BCUT2D eigenvalue weighted by atomic mass is 32.2. The van der Waals surface area contributed by atoms with E-state index in [0.29, 0.717) is 11.3 Å². The molecule has 0 aromatic heterocycles. The van der Waals surface area contributed by atoms with E-state index in [9.17, 15) is 18.3 Å². The first-order valence-corrected chi connectivity index (χ1v) is 8.53. The number of carbonyl (C=O) groups excluding carboxylic acids is 1. The Morgan fingerprint density at radius 1 is 1.32 bits per heavy atom. The van der Waals surface area contributed by atoms with Crippen molar-refractivity contribution in [2.75, 3.05) is 19.5 Å². The molecule has 7 heteroatoms. The summed E-state index contributed by atoms with van der Waals surface area (Å²) in [5, 5.41) is 9.71. The smallest absolute Gasteiger partial charge is 0.333 e. The largest absolute Gasteiger partial charge is 0.491 e. The van der Waals surface area contributed by atoms with Crippen LogP contribution in [0.4, 0.5) is 0 Å². The number of sulfone groups is 1. The van der Waals surface area contributed by atoms with Crippen molar-refractivity contribution in [2.45, 2.75) is 24.3 Å². The van der Waals surface area contributed by atoms with Crippen LogP contribution in [0.1, 0.15) is 13.3 Å². The average molecular weight is 328 g/mol. The van der Waals surface area contributed by atoms with Crippen molar-refractivity contribution < 1.29 is 27.8 Å². The van der Waals surface area contributed by atoms with Crippen molar-refractivity contribution >= 4 is 15.8 Å². The van der Waals surface area contributed by atoms with Gasteiger partial charge in [-0.1, -0.05) is 6.58 Å². The molecule has 0 amide bonds. The lowest BCUT2D eigenvalue weighted by molar-refractivity contribution is -0.139. The number of carbonyl (C=O) groups is 1. The Balaban J connectivity index is 2.36. The van der Waals surface area contributed by atoms with Crippen molar-refractivity contribution in [3.8, 4) is 5.75 Å². The predicted molar refractivity (Wildman–Crippen MR) is 81.4 cm³/mol. The lowest BCUT2D eigenvalue weighted by Crippen LogP contribution is -2.20. The minimum absolute atomic E-state index is 0.0167. The number of aliphatic hydroxyl groups is 1. The molecular weight excluding hydrogens is 308 g/mol. The van der Waals surface area contributed by atoms with E-state index in [-0.39, 0.29) is 24.5 Å². The molecule has 0 aliphatic heterocycles. The molecule has 0 spiro atoms. The Kier molecular flexibility index (Phi) is 6.58. The number of hydrogen-bond acceptors (Lipinski definition) is 6.